The molecule has 0 aromatic carbocycles. The number of allylic oxidation sites excluding steroid dienone is 8. The lowest BCUT2D eigenvalue weighted by Crippen LogP contribution is -1.79. The van der Waals surface area contributed by atoms with Crippen molar-refractivity contribution in [3.63, 3.8) is 0 Å². The highest BCUT2D eigenvalue weighted by molar-refractivity contribution is 5.64. The van der Waals surface area contributed by atoms with Gasteiger partial charge >= 0.3 is 0 Å². The van der Waals surface area contributed by atoms with Crippen LogP contribution >= 0.6 is 0 Å². The molecule has 0 heterocycles. The van der Waals surface area contributed by atoms with Crippen molar-refractivity contribution in [2.75, 3.05) is 0 Å². The molecule has 0 aliphatic heterocycles. The fourth-order valence-corrected chi connectivity index (χ4v) is 1.77. The Morgan fingerprint density at radius 3 is 2.17 bits per heavy atom. The van der Waals surface area contributed by atoms with Crippen LogP contribution in [-0.4, -0.2) is 6.29 Å². The Kier molecular flexibility index (Phi) is 18.9. The molecule has 0 N–H and O–H groups in total. The third-order valence-corrected chi connectivity index (χ3v) is 3.28. The number of rotatable bonds is 11. The Morgan fingerprint density at radius 2 is 1.65 bits per heavy atom. The predicted octanol–water partition coefficient (Wildman–Crippen LogP) is 7.13. The summed E-state index contributed by atoms with van der Waals surface area (Å²) in [6, 6.07) is 0. The zero-order valence-electron chi connectivity index (χ0n) is 15.7. The quantitative estimate of drug-likeness (QED) is 0.130. The van der Waals surface area contributed by atoms with Crippen molar-refractivity contribution in [1.82, 2.24) is 0 Å². The first-order chi connectivity index (χ1) is 11.0. The van der Waals surface area contributed by atoms with Gasteiger partial charge in [-0.05, 0) is 59.0 Å². The van der Waals surface area contributed by atoms with E-state index in [4.69, 9.17) is 0 Å². The molecule has 0 radical (unpaired) electrons. The Balaban J connectivity index is 0. The summed E-state index contributed by atoms with van der Waals surface area (Å²) < 4.78 is 0. The van der Waals surface area contributed by atoms with Gasteiger partial charge in [0.1, 0.15) is 6.29 Å². The number of hydrogen-bond acceptors (Lipinski definition) is 1. The van der Waals surface area contributed by atoms with E-state index < -0.39 is 0 Å². The van der Waals surface area contributed by atoms with Gasteiger partial charge in [0.2, 0.25) is 0 Å². The maximum Gasteiger partial charge on any atom is 0.142 e. The molecule has 23 heavy (non-hydrogen) atoms. The van der Waals surface area contributed by atoms with E-state index in [1.807, 2.05) is 12.2 Å². The van der Waals surface area contributed by atoms with Gasteiger partial charge in [0.15, 0.2) is 0 Å². The molecule has 0 aliphatic carbocycles. The molecule has 0 aromatic heterocycles. The Hall–Kier alpha value is -1.63. The minimum Gasteiger partial charge on any atom is -0.299 e. The molecule has 0 aromatic rings. The molecule has 130 valence electrons. The minimum absolute atomic E-state index is 0.815. The maximum absolute atomic E-state index is 9.68. The van der Waals surface area contributed by atoms with Crippen molar-refractivity contribution in [3.05, 3.63) is 60.3 Å². The number of aldehydes is 1. The fraction of sp³-hybridized carbons (Fsp3) is 0.500. The van der Waals surface area contributed by atoms with Crippen molar-refractivity contribution in [2.45, 2.75) is 72.6 Å². The smallest absolute Gasteiger partial charge is 0.142 e. The van der Waals surface area contributed by atoms with Crippen LogP contribution in [0.1, 0.15) is 72.6 Å². The monoisotopic (exact) mass is 316 g/mol. The van der Waals surface area contributed by atoms with Crippen molar-refractivity contribution < 1.29 is 4.79 Å². The van der Waals surface area contributed by atoms with Gasteiger partial charge in [-0.25, -0.2) is 0 Å². The topological polar surface area (TPSA) is 17.1 Å². The molecular weight excluding hydrogens is 280 g/mol. The van der Waals surface area contributed by atoms with Crippen LogP contribution in [0.15, 0.2) is 60.3 Å². The van der Waals surface area contributed by atoms with Gasteiger partial charge in [-0.3, -0.25) is 4.79 Å². The summed E-state index contributed by atoms with van der Waals surface area (Å²) in [6.07, 6.45) is 18.6. The van der Waals surface area contributed by atoms with Crippen molar-refractivity contribution in [3.8, 4) is 0 Å². The first kappa shape index (κ1) is 23.6. The Labute approximate surface area is 144 Å². The molecule has 0 fully saturated rings. The Morgan fingerprint density at radius 1 is 1.00 bits per heavy atom. The second-order valence-electron chi connectivity index (χ2n) is 5.98. The highest BCUT2D eigenvalue weighted by atomic mass is 16.1. The summed E-state index contributed by atoms with van der Waals surface area (Å²) in [6.45, 7) is 16.2. The SMILES string of the molecule is C=CC(=C)CCC=C(C)CCC=C(C)C.CCCC/C=C/C=O. The largest absolute Gasteiger partial charge is 0.299 e. The van der Waals surface area contributed by atoms with E-state index in [2.05, 4.69) is 53.0 Å². The second-order valence-corrected chi connectivity index (χ2v) is 5.98. The number of unbranched alkanes of at least 4 members (excludes halogenated alkanes) is 2. The first-order valence-corrected chi connectivity index (χ1v) is 8.67. The van der Waals surface area contributed by atoms with Gasteiger partial charge in [0.05, 0.1) is 0 Å². The molecule has 1 nitrogen and oxygen atoms in total. The van der Waals surface area contributed by atoms with Crippen molar-refractivity contribution in [2.24, 2.45) is 0 Å². The average molecular weight is 317 g/mol. The van der Waals surface area contributed by atoms with E-state index in [0.717, 1.165) is 37.5 Å². The van der Waals surface area contributed by atoms with Crippen LogP contribution < -0.4 is 0 Å². The first-order valence-electron chi connectivity index (χ1n) is 8.67. The van der Waals surface area contributed by atoms with E-state index in [1.54, 1.807) is 6.08 Å². The van der Waals surface area contributed by atoms with Gasteiger partial charge in [-0.1, -0.05) is 73.9 Å². The second kappa shape index (κ2) is 18.4. The minimum atomic E-state index is 0.815. The summed E-state index contributed by atoms with van der Waals surface area (Å²) in [5, 5.41) is 0. The standard InChI is InChI=1S/C15H24.C7H12O/c1-6-14(4)10-8-12-15(5)11-7-9-13(2)3;1-2-3-4-5-6-7-8/h6,9,12H,1,4,7-8,10-11H2,2-3,5H3;5-7H,2-4H2,1H3/b;6-5+. The summed E-state index contributed by atoms with van der Waals surface area (Å²) in [7, 11) is 0. The van der Waals surface area contributed by atoms with Crippen molar-refractivity contribution in [1.29, 1.82) is 0 Å². The third-order valence-electron chi connectivity index (χ3n) is 3.28. The highest BCUT2D eigenvalue weighted by Gasteiger charge is 1.90. The van der Waals surface area contributed by atoms with E-state index in [-0.39, 0.29) is 0 Å². The van der Waals surface area contributed by atoms with E-state index in [1.165, 1.54) is 30.4 Å². The fourth-order valence-electron chi connectivity index (χ4n) is 1.77. The average Bonchev–Trinajstić information content (AvgIpc) is 2.51. The van der Waals surface area contributed by atoms with Crippen LogP contribution in [0.2, 0.25) is 0 Å². The van der Waals surface area contributed by atoms with Crippen LogP contribution in [0.4, 0.5) is 0 Å². The van der Waals surface area contributed by atoms with Crippen molar-refractivity contribution >= 4 is 6.29 Å². The lowest BCUT2D eigenvalue weighted by Gasteiger charge is -2.00. The summed E-state index contributed by atoms with van der Waals surface area (Å²) in [5.41, 5.74) is 4.01. The van der Waals surface area contributed by atoms with Crippen LogP contribution in [0.5, 0.6) is 0 Å². The molecule has 0 unspecified atom stereocenters. The zero-order chi connectivity index (χ0) is 17.9. The molecule has 0 bridgehead atoms. The molecule has 0 saturated heterocycles. The molecule has 0 rings (SSSR count). The van der Waals surface area contributed by atoms with Gasteiger partial charge < -0.3 is 0 Å². The Bertz CT molecular complexity index is 404. The lowest BCUT2D eigenvalue weighted by molar-refractivity contribution is -0.104. The molecule has 0 spiro atoms. The summed E-state index contributed by atoms with van der Waals surface area (Å²) >= 11 is 0. The summed E-state index contributed by atoms with van der Waals surface area (Å²) in [4.78, 5) is 9.68. The van der Waals surface area contributed by atoms with Gasteiger partial charge in [-0.2, -0.15) is 0 Å². The molecule has 0 amide bonds. The van der Waals surface area contributed by atoms with E-state index in [9.17, 15) is 4.79 Å². The summed E-state index contributed by atoms with van der Waals surface area (Å²) in [5.74, 6) is 0. The number of hydrogen-bond donors (Lipinski definition) is 0. The number of carbonyl (C=O) groups is 1. The normalized spacial score (nSPS) is 10.7. The lowest BCUT2D eigenvalue weighted by atomic mass is 10.1. The van der Waals surface area contributed by atoms with Gasteiger partial charge in [0, 0.05) is 0 Å². The van der Waals surface area contributed by atoms with Crippen LogP contribution in [0.25, 0.3) is 0 Å². The highest BCUT2D eigenvalue weighted by Crippen LogP contribution is 2.10. The molecule has 0 saturated carbocycles. The molecule has 0 atom stereocenters. The number of carbonyl (C=O) groups excluding carboxylic acids is 1. The van der Waals surface area contributed by atoms with Gasteiger partial charge in [0.25, 0.3) is 0 Å². The van der Waals surface area contributed by atoms with Crippen LogP contribution in [-0.2, 0) is 4.79 Å². The molecular formula is C22H36O. The molecule has 0 aliphatic rings. The predicted molar refractivity (Wildman–Crippen MR) is 106 cm³/mol. The zero-order valence-corrected chi connectivity index (χ0v) is 15.7. The van der Waals surface area contributed by atoms with E-state index >= 15 is 0 Å². The van der Waals surface area contributed by atoms with E-state index in [0.29, 0.717) is 0 Å². The molecule has 1 heteroatoms. The third kappa shape index (κ3) is 22.8. The van der Waals surface area contributed by atoms with Gasteiger partial charge in [-0.15, -0.1) is 0 Å². The van der Waals surface area contributed by atoms with Crippen LogP contribution in [0.3, 0.4) is 0 Å². The maximum atomic E-state index is 9.68. The van der Waals surface area contributed by atoms with Crippen LogP contribution in [0, 0.1) is 0 Å².